The molecular formula is C22H18FN3O2S. The number of hydrogen-bond acceptors (Lipinski definition) is 4. The first kappa shape index (κ1) is 19.0. The predicted molar refractivity (Wildman–Crippen MR) is 112 cm³/mol. The fourth-order valence-corrected chi connectivity index (χ4v) is 4.29. The van der Waals surface area contributed by atoms with Gasteiger partial charge in [0, 0.05) is 17.0 Å². The van der Waals surface area contributed by atoms with E-state index in [0.29, 0.717) is 22.6 Å². The lowest BCUT2D eigenvalue weighted by Gasteiger charge is -2.05. The SMILES string of the molecule is Cc1sc2nc(CC(=O)NCc3ccccc3)[nH]c(=O)c2c1-c1ccc(F)cc1. The Morgan fingerprint density at radius 1 is 1.14 bits per heavy atom. The zero-order valence-corrected chi connectivity index (χ0v) is 16.5. The number of nitrogens with one attached hydrogen (secondary N) is 2. The Bertz CT molecular complexity index is 1230. The Labute approximate surface area is 170 Å². The van der Waals surface area contributed by atoms with Crippen molar-refractivity contribution in [2.45, 2.75) is 19.9 Å². The van der Waals surface area contributed by atoms with Crippen LogP contribution in [0.4, 0.5) is 4.39 Å². The lowest BCUT2D eigenvalue weighted by Crippen LogP contribution is -2.26. The number of aromatic amines is 1. The highest BCUT2D eigenvalue weighted by Gasteiger charge is 2.17. The van der Waals surface area contributed by atoms with Gasteiger partial charge in [-0.05, 0) is 30.2 Å². The summed E-state index contributed by atoms with van der Waals surface area (Å²) in [6.07, 6.45) is -0.0131. The highest BCUT2D eigenvalue weighted by molar-refractivity contribution is 7.19. The van der Waals surface area contributed by atoms with Crippen LogP contribution in [0.2, 0.25) is 0 Å². The Hall–Kier alpha value is -3.32. The summed E-state index contributed by atoms with van der Waals surface area (Å²) in [6, 6.07) is 15.6. The second kappa shape index (κ2) is 7.97. The maximum absolute atomic E-state index is 13.3. The van der Waals surface area contributed by atoms with Gasteiger partial charge < -0.3 is 10.3 Å². The number of carbonyl (C=O) groups is 1. The van der Waals surface area contributed by atoms with Crippen LogP contribution in [0.1, 0.15) is 16.3 Å². The summed E-state index contributed by atoms with van der Waals surface area (Å²) in [5.74, 6) is -0.231. The van der Waals surface area contributed by atoms with Crippen LogP contribution in [0.5, 0.6) is 0 Å². The van der Waals surface area contributed by atoms with Crippen LogP contribution in [0.3, 0.4) is 0 Å². The number of rotatable bonds is 5. The van der Waals surface area contributed by atoms with Gasteiger partial charge >= 0.3 is 0 Å². The molecule has 146 valence electrons. The van der Waals surface area contributed by atoms with Gasteiger partial charge in [-0.1, -0.05) is 42.5 Å². The number of nitrogens with zero attached hydrogens (tertiary/aromatic N) is 1. The Kier molecular flexibility index (Phi) is 5.22. The van der Waals surface area contributed by atoms with Crippen LogP contribution in [0.25, 0.3) is 21.3 Å². The summed E-state index contributed by atoms with van der Waals surface area (Å²) < 4.78 is 13.3. The predicted octanol–water partition coefficient (Wildman–Crippen LogP) is 3.96. The van der Waals surface area contributed by atoms with E-state index in [-0.39, 0.29) is 23.7 Å². The largest absolute Gasteiger partial charge is 0.352 e. The number of fused-ring (bicyclic) bond motifs is 1. The number of aryl methyl sites for hydroxylation is 1. The molecule has 0 radical (unpaired) electrons. The van der Waals surface area contributed by atoms with Crippen molar-refractivity contribution in [2.75, 3.05) is 0 Å². The normalized spacial score (nSPS) is 11.0. The average Bonchev–Trinajstić information content (AvgIpc) is 3.04. The molecule has 0 saturated carbocycles. The highest BCUT2D eigenvalue weighted by atomic mass is 32.1. The van der Waals surface area contributed by atoms with Gasteiger partial charge in [-0.15, -0.1) is 11.3 Å². The number of amides is 1. The molecule has 0 spiro atoms. The van der Waals surface area contributed by atoms with Crippen LogP contribution in [0.15, 0.2) is 59.4 Å². The van der Waals surface area contributed by atoms with Crippen molar-refractivity contribution in [3.05, 3.63) is 87.0 Å². The molecule has 2 N–H and O–H groups in total. The minimum absolute atomic E-state index is 0.0131. The molecule has 2 aromatic carbocycles. The molecule has 0 aliphatic heterocycles. The first-order chi connectivity index (χ1) is 14.0. The molecule has 0 fully saturated rings. The van der Waals surface area contributed by atoms with Crippen LogP contribution in [-0.2, 0) is 17.8 Å². The van der Waals surface area contributed by atoms with Gasteiger partial charge in [-0.3, -0.25) is 9.59 Å². The summed E-state index contributed by atoms with van der Waals surface area (Å²) in [6.45, 7) is 2.32. The Morgan fingerprint density at radius 3 is 2.59 bits per heavy atom. The summed E-state index contributed by atoms with van der Waals surface area (Å²) >= 11 is 1.39. The van der Waals surface area contributed by atoms with Gasteiger partial charge in [0.1, 0.15) is 16.5 Å². The summed E-state index contributed by atoms with van der Waals surface area (Å²) in [4.78, 5) is 33.7. The second-order valence-corrected chi connectivity index (χ2v) is 7.88. The van der Waals surface area contributed by atoms with E-state index in [1.165, 1.54) is 23.5 Å². The van der Waals surface area contributed by atoms with E-state index in [1.54, 1.807) is 12.1 Å². The molecule has 2 heterocycles. The molecule has 0 unspecified atom stereocenters. The van der Waals surface area contributed by atoms with Gasteiger partial charge in [-0.2, -0.15) is 0 Å². The number of aromatic nitrogens is 2. The smallest absolute Gasteiger partial charge is 0.260 e. The van der Waals surface area contributed by atoms with Crippen molar-refractivity contribution in [1.29, 1.82) is 0 Å². The van der Waals surface area contributed by atoms with Crippen LogP contribution >= 0.6 is 11.3 Å². The molecule has 4 rings (SSSR count). The number of benzene rings is 2. The minimum atomic E-state index is -0.332. The summed E-state index contributed by atoms with van der Waals surface area (Å²) in [7, 11) is 0. The van der Waals surface area contributed by atoms with Crippen LogP contribution in [0, 0.1) is 12.7 Å². The van der Waals surface area contributed by atoms with Gasteiger partial charge in [-0.25, -0.2) is 9.37 Å². The van der Waals surface area contributed by atoms with Crippen molar-refractivity contribution in [3.63, 3.8) is 0 Å². The van der Waals surface area contributed by atoms with E-state index in [2.05, 4.69) is 15.3 Å². The number of thiophene rings is 1. The maximum Gasteiger partial charge on any atom is 0.260 e. The third kappa shape index (κ3) is 4.09. The lowest BCUT2D eigenvalue weighted by atomic mass is 10.0. The first-order valence-electron chi connectivity index (χ1n) is 9.10. The molecule has 4 aromatic rings. The minimum Gasteiger partial charge on any atom is -0.352 e. The molecule has 0 aliphatic rings. The first-order valence-corrected chi connectivity index (χ1v) is 9.92. The molecule has 5 nitrogen and oxygen atoms in total. The molecule has 0 bridgehead atoms. The van der Waals surface area contributed by atoms with E-state index in [9.17, 15) is 14.0 Å². The molecule has 29 heavy (non-hydrogen) atoms. The topological polar surface area (TPSA) is 74.8 Å². The summed E-state index contributed by atoms with van der Waals surface area (Å²) in [5.41, 5.74) is 2.20. The molecule has 1 amide bonds. The number of halogens is 1. The molecule has 2 aromatic heterocycles. The van der Waals surface area contributed by atoms with Crippen LogP contribution < -0.4 is 10.9 Å². The van der Waals surface area contributed by atoms with Crippen molar-refractivity contribution in [1.82, 2.24) is 15.3 Å². The van der Waals surface area contributed by atoms with Crippen molar-refractivity contribution in [3.8, 4) is 11.1 Å². The number of carbonyl (C=O) groups excluding carboxylic acids is 1. The van der Waals surface area contributed by atoms with Crippen molar-refractivity contribution >= 4 is 27.5 Å². The van der Waals surface area contributed by atoms with E-state index >= 15 is 0 Å². The fourth-order valence-electron chi connectivity index (χ4n) is 3.22. The zero-order chi connectivity index (χ0) is 20.4. The Morgan fingerprint density at radius 2 is 1.86 bits per heavy atom. The third-order valence-corrected chi connectivity index (χ3v) is 5.58. The molecule has 0 atom stereocenters. The van der Waals surface area contributed by atoms with Gasteiger partial charge in [0.05, 0.1) is 11.8 Å². The fraction of sp³-hybridized carbons (Fsp3) is 0.136. The molecule has 0 saturated heterocycles. The van der Waals surface area contributed by atoms with E-state index in [1.807, 2.05) is 37.3 Å². The van der Waals surface area contributed by atoms with E-state index in [4.69, 9.17) is 0 Å². The Balaban J connectivity index is 1.59. The zero-order valence-electron chi connectivity index (χ0n) is 15.7. The van der Waals surface area contributed by atoms with E-state index in [0.717, 1.165) is 21.6 Å². The number of H-pyrrole nitrogens is 1. The average molecular weight is 407 g/mol. The number of hydrogen-bond donors (Lipinski definition) is 2. The molecule has 0 aliphatic carbocycles. The third-order valence-electron chi connectivity index (χ3n) is 4.58. The summed E-state index contributed by atoms with van der Waals surface area (Å²) in [5, 5.41) is 3.29. The van der Waals surface area contributed by atoms with Gasteiger partial charge in [0.2, 0.25) is 5.91 Å². The standard InChI is InChI=1S/C22H18FN3O2S/c1-13-19(15-7-9-16(23)10-8-15)20-21(28)25-17(26-22(20)29-13)11-18(27)24-12-14-5-3-2-4-6-14/h2-10H,11-12H2,1H3,(H,24,27)(H,25,26,28). The van der Waals surface area contributed by atoms with Crippen molar-refractivity contribution < 1.29 is 9.18 Å². The molecule has 7 heteroatoms. The lowest BCUT2D eigenvalue weighted by molar-refractivity contribution is -0.120. The van der Waals surface area contributed by atoms with Crippen LogP contribution in [-0.4, -0.2) is 15.9 Å². The molecular weight excluding hydrogens is 389 g/mol. The highest BCUT2D eigenvalue weighted by Crippen LogP contribution is 2.35. The van der Waals surface area contributed by atoms with Gasteiger partial charge in [0.15, 0.2) is 0 Å². The monoisotopic (exact) mass is 407 g/mol. The van der Waals surface area contributed by atoms with E-state index < -0.39 is 0 Å². The quantitative estimate of drug-likeness (QED) is 0.526. The van der Waals surface area contributed by atoms with Crippen molar-refractivity contribution in [2.24, 2.45) is 0 Å². The van der Waals surface area contributed by atoms with Gasteiger partial charge in [0.25, 0.3) is 5.56 Å². The maximum atomic E-state index is 13.3. The second-order valence-electron chi connectivity index (χ2n) is 6.67.